The zero-order valence-electron chi connectivity index (χ0n) is 25.9. The lowest BCUT2D eigenvalue weighted by Gasteiger charge is -2.32. The van der Waals surface area contributed by atoms with E-state index in [9.17, 15) is 9.59 Å². The number of amides is 1. The van der Waals surface area contributed by atoms with Gasteiger partial charge in [0.1, 0.15) is 0 Å². The second-order valence-electron chi connectivity index (χ2n) is 11.5. The number of carbonyl (C=O) groups excluding carboxylic acids is 2. The number of piperidine rings is 2. The highest BCUT2D eigenvalue weighted by molar-refractivity contribution is 6.67. The number of likely N-dealkylation sites (tertiary alicyclic amines) is 2. The van der Waals surface area contributed by atoms with Crippen LogP contribution in [0.25, 0.3) is 0 Å². The molecule has 8 nitrogen and oxygen atoms in total. The lowest BCUT2D eigenvalue weighted by Crippen LogP contribution is -2.45. The van der Waals surface area contributed by atoms with Crippen molar-refractivity contribution < 1.29 is 18.4 Å². The fourth-order valence-electron chi connectivity index (χ4n) is 5.40. The Kier molecular flexibility index (Phi) is 14.4. The normalized spacial score (nSPS) is 16.1. The van der Waals surface area contributed by atoms with Gasteiger partial charge < -0.3 is 29.7 Å². The maximum absolute atomic E-state index is 11.9. The molecule has 2 fully saturated rings. The minimum Gasteiger partial charge on any atom is -0.460 e. The van der Waals surface area contributed by atoms with Gasteiger partial charge in [-0.25, -0.2) is 0 Å². The van der Waals surface area contributed by atoms with Gasteiger partial charge in [0.2, 0.25) is 0 Å². The van der Waals surface area contributed by atoms with Crippen molar-refractivity contribution in [2.24, 2.45) is 5.73 Å². The highest BCUT2D eigenvalue weighted by Gasteiger charge is 2.21. The van der Waals surface area contributed by atoms with Gasteiger partial charge in [0.05, 0.1) is 12.5 Å². The van der Waals surface area contributed by atoms with Gasteiger partial charge in [0, 0.05) is 38.3 Å². The summed E-state index contributed by atoms with van der Waals surface area (Å²) in [5.41, 5.74) is 8.70. The Morgan fingerprint density at radius 3 is 1.58 bits per heavy atom. The predicted octanol–water partition coefficient (Wildman–Crippen LogP) is 6.03. The van der Waals surface area contributed by atoms with E-state index in [0.717, 1.165) is 58.2 Å². The van der Waals surface area contributed by atoms with E-state index in [2.05, 4.69) is 80.2 Å². The lowest BCUT2D eigenvalue weighted by atomic mass is 10.0. The molecule has 2 aliphatic rings. The van der Waals surface area contributed by atoms with E-state index in [-0.39, 0.29) is 17.7 Å². The van der Waals surface area contributed by atoms with Gasteiger partial charge >= 0.3 is 0 Å². The summed E-state index contributed by atoms with van der Waals surface area (Å²) in [6.45, 7) is 6.69. The number of hydrogen-bond donors (Lipinski definition) is 2. The summed E-state index contributed by atoms with van der Waals surface area (Å²) >= 11 is 5.01. The standard InChI is InChI=1S/C18H22N2O2.C13H20N2.C5H3ClO2/c21-18(17-7-4-14-22-17)19-16-9-12-20(13-10-16)11-8-15-5-2-1-3-6-15;14-13-7-10-15(11-8-13)9-6-12-4-2-1-3-5-12;6-5(7)4-2-1-3-8-4/h1-7,14,16H,8-13H2,(H,19,21);1-5,13H,6-11,14H2;1-3H. The van der Waals surface area contributed by atoms with E-state index in [1.165, 1.54) is 49.4 Å². The summed E-state index contributed by atoms with van der Waals surface area (Å²) < 4.78 is 9.74. The molecule has 0 radical (unpaired) electrons. The molecule has 240 valence electrons. The first-order valence-corrected chi connectivity index (χ1v) is 16.2. The van der Waals surface area contributed by atoms with Crippen LogP contribution >= 0.6 is 11.6 Å². The SMILES string of the molecule is NC1CCN(CCc2ccccc2)CC1.O=C(Cl)c1ccco1.O=C(NC1CCN(CCc2ccccc2)CC1)c1ccco1. The highest BCUT2D eigenvalue weighted by Crippen LogP contribution is 2.13. The Morgan fingerprint density at radius 2 is 1.16 bits per heavy atom. The lowest BCUT2D eigenvalue weighted by molar-refractivity contribution is 0.0883. The fraction of sp³-hybridized carbons (Fsp3) is 0.389. The largest absolute Gasteiger partial charge is 0.460 e. The Hall–Kier alpha value is -3.69. The fourth-order valence-corrected chi connectivity index (χ4v) is 5.50. The second kappa shape index (κ2) is 19.0. The Morgan fingerprint density at radius 1 is 0.689 bits per heavy atom. The van der Waals surface area contributed by atoms with Crippen molar-refractivity contribution in [3.05, 3.63) is 120 Å². The Labute approximate surface area is 271 Å². The predicted molar refractivity (Wildman–Crippen MR) is 178 cm³/mol. The summed E-state index contributed by atoms with van der Waals surface area (Å²) in [6.07, 6.45) is 9.50. The highest BCUT2D eigenvalue weighted by atomic mass is 35.5. The second-order valence-corrected chi connectivity index (χ2v) is 11.8. The molecule has 2 saturated heterocycles. The summed E-state index contributed by atoms with van der Waals surface area (Å²) in [5.74, 6) is 0.478. The van der Waals surface area contributed by atoms with Crippen LogP contribution in [-0.2, 0) is 12.8 Å². The molecule has 0 aliphatic carbocycles. The number of furan rings is 2. The third-order valence-corrected chi connectivity index (χ3v) is 8.32. The van der Waals surface area contributed by atoms with Gasteiger partial charge in [0.25, 0.3) is 11.1 Å². The Bertz CT molecular complexity index is 1350. The van der Waals surface area contributed by atoms with Crippen LogP contribution in [0.2, 0.25) is 0 Å². The van der Waals surface area contributed by atoms with Crippen LogP contribution in [0.4, 0.5) is 0 Å². The summed E-state index contributed by atoms with van der Waals surface area (Å²) in [7, 11) is 0. The number of nitrogens with one attached hydrogen (secondary N) is 1. The van der Waals surface area contributed by atoms with E-state index in [1.54, 1.807) is 18.2 Å². The Balaban J connectivity index is 0.000000172. The molecule has 4 heterocycles. The van der Waals surface area contributed by atoms with Crippen LogP contribution in [0.5, 0.6) is 0 Å². The first kappa shape index (κ1) is 34.2. The van der Waals surface area contributed by atoms with E-state index in [4.69, 9.17) is 21.8 Å². The molecule has 0 bridgehead atoms. The van der Waals surface area contributed by atoms with Crippen LogP contribution in [-0.4, -0.2) is 72.3 Å². The van der Waals surface area contributed by atoms with Crippen LogP contribution in [0.15, 0.2) is 106 Å². The smallest absolute Gasteiger partial charge is 0.287 e. The van der Waals surface area contributed by atoms with Crippen molar-refractivity contribution in [3.8, 4) is 0 Å². The number of halogens is 1. The van der Waals surface area contributed by atoms with Crippen molar-refractivity contribution in [1.82, 2.24) is 15.1 Å². The van der Waals surface area contributed by atoms with Crippen LogP contribution in [0, 0.1) is 0 Å². The summed E-state index contributed by atoms with van der Waals surface area (Å²) in [6, 6.07) is 28.5. The van der Waals surface area contributed by atoms with E-state index in [1.807, 2.05) is 0 Å². The molecule has 2 aliphatic heterocycles. The van der Waals surface area contributed by atoms with Crippen LogP contribution in [0.1, 0.15) is 57.9 Å². The third-order valence-electron chi connectivity index (χ3n) is 8.13. The molecule has 0 spiro atoms. The number of nitrogens with zero attached hydrogens (tertiary/aromatic N) is 2. The van der Waals surface area contributed by atoms with Crippen molar-refractivity contribution in [1.29, 1.82) is 0 Å². The van der Waals surface area contributed by atoms with E-state index in [0.29, 0.717) is 11.8 Å². The minimum atomic E-state index is -0.560. The topological polar surface area (TPSA) is 105 Å². The summed E-state index contributed by atoms with van der Waals surface area (Å²) in [5, 5.41) is 2.50. The van der Waals surface area contributed by atoms with Gasteiger partial charge in [-0.15, -0.1) is 0 Å². The molecule has 45 heavy (non-hydrogen) atoms. The van der Waals surface area contributed by atoms with Crippen molar-refractivity contribution in [3.63, 3.8) is 0 Å². The molecule has 0 unspecified atom stereocenters. The molecule has 0 atom stereocenters. The molecule has 6 rings (SSSR count). The summed E-state index contributed by atoms with van der Waals surface area (Å²) in [4.78, 5) is 27.1. The van der Waals surface area contributed by atoms with Gasteiger partial charge in [-0.1, -0.05) is 60.7 Å². The average molecular weight is 633 g/mol. The molecule has 9 heteroatoms. The average Bonchev–Trinajstić information content (AvgIpc) is 3.82. The number of benzene rings is 2. The minimum absolute atomic E-state index is 0.104. The first-order chi connectivity index (χ1) is 22.0. The van der Waals surface area contributed by atoms with Gasteiger partial charge in [-0.05, 0) is 98.6 Å². The number of rotatable bonds is 9. The maximum atomic E-state index is 11.9. The van der Waals surface area contributed by atoms with Gasteiger partial charge in [0.15, 0.2) is 11.5 Å². The van der Waals surface area contributed by atoms with Crippen LogP contribution < -0.4 is 11.1 Å². The quantitative estimate of drug-likeness (QED) is 0.217. The van der Waals surface area contributed by atoms with Crippen molar-refractivity contribution in [2.45, 2.75) is 50.6 Å². The van der Waals surface area contributed by atoms with Gasteiger partial charge in [-0.2, -0.15) is 0 Å². The maximum Gasteiger partial charge on any atom is 0.287 e. The van der Waals surface area contributed by atoms with Crippen molar-refractivity contribution in [2.75, 3.05) is 39.3 Å². The molecule has 4 aromatic rings. The zero-order valence-corrected chi connectivity index (χ0v) is 26.6. The third kappa shape index (κ3) is 12.7. The molecular formula is C36H45ClN4O4. The van der Waals surface area contributed by atoms with Gasteiger partial charge in [-0.3, -0.25) is 9.59 Å². The molecular weight excluding hydrogens is 588 g/mol. The van der Waals surface area contributed by atoms with Crippen LogP contribution in [0.3, 0.4) is 0 Å². The van der Waals surface area contributed by atoms with E-state index >= 15 is 0 Å². The number of carbonyl (C=O) groups is 2. The van der Waals surface area contributed by atoms with Crippen molar-refractivity contribution >= 4 is 22.8 Å². The molecule has 3 N–H and O–H groups in total. The zero-order chi connectivity index (χ0) is 31.7. The molecule has 1 amide bonds. The monoisotopic (exact) mass is 632 g/mol. The molecule has 2 aromatic carbocycles. The number of hydrogen-bond acceptors (Lipinski definition) is 7. The first-order valence-electron chi connectivity index (χ1n) is 15.8. The number of nitrogens with two attached hydrogens (primary N) is 1. The molecule has 0 saturated carbocycles. The molecule has 2 aromatic heterocycles. The van der Waals surface area contributed by atoms with E-state index < -0.39 is 5.24 Å².